The molecule has 0 aromatic heterocycles. The molecule has 2 heterocycles. The zero-order valence-electron chi connectivity index (χ0n) is 38.7. The van der Waals surface area contributed by atoms with E-state index in [1.54, 1.807) is 28.1 Å². The number of hydrogen-bond acceptors (Lipinski definition) is 13. The molecule has 0 unspecified atom stereocenters. The quantitative estimate of drug-likeness (QED) is 0.0368. The summed E-state index contributed by atoms with van der Waals surface area (Å²) in [5.41, 5.74) is 3.22. The van der Waals surface area contributed by atoms with Gasteiger partial charge in [-0.3, -0.25) is 0 Å². The number of aliphatic hydroxyl groups is 5. The summed E-state index contributed by atoms with van der Waals surface area (Å²) < 4.78 is 55.0. The van der Waals surface area contributed by atoms with Crippen LogP contribution in [0.15, 0.2) is 31.8 Å². The van der Waals surface area contributed by atoms with Crippen LogP contribution < -0.4 is 0 Å². The van der Waals surface area contributed by atoms with Crippen LogP contribution in [0.25, 0.3) is 0 Å². The molecule has 0 bridgehead atoms. The zero-order chi connectivity index (χ0) is 48.6. The molecule has 0 amide bonds. The zero-order valence-corrected chi connectivity index (χ0v) is 45.6. The molecule has 2 fully saturated rings. The fourth-order valence-corrected chi connectivity index (χ4v) is 5.80. The van der Waals surface area contributed by atoms with Crippen LogP contribution in [0, 0.1) is 23.8 Å². The van der Waals surface area contributed by atoms with Gasteiger partial charge in [0, 0.05) is 64.1 Å². The summed E-state index contributed by atoms with van der Waals surface area (Å²) in [6, 6.07) is 0. The second-order valence-electron chi connectivity index (χ2n) is 15.5. The molecule has 2 aliphatic rings. The van der Waals surface area contributed by atoms with Gasteiger partial charge in [0.2, 0.25) is 0 Å². The second-order valence-corrected chi connectivity index (χ2v) is 25.9. The van der Waals surface area contributed by atoms with Crippen LogP contribution in [0.2, 0.25) is 19.6 Å². The summed E-state index contributed by atoms with van der Waals surface area (Å²) in [4.78, 5) is -0.0366. The molecule has 5 N–H and O–H groups in total. The Bertz CT molecular complexity index is 1370. The third-order valence-electron chi connectivity index (χ3n) is 7.13. The topological polar surface area (TPSA) is 191 Å². The molecule has 2 rings (SSSR count). The van der Waals surface area contributed by atoms with Gasteiger partial charge in [-0.1, -0.05) is 53.2 Å². The standard InChI is InChI=1S/C9H18OSi.C8H13ClO4S.C8H13IO2.C6H10O.C5H9IO2.C5H12O2.CH4O/c1-5-9(10)7-6-8-11(2,3)4;1-6(14(9,10)11)4-7-5-12-8(2,3)13-7;1-6(9)4-7-5-10-8(2,3)11-7;1-3-5-6(7)4-2;1-4(6)2-5(8)3-7;1-5(2,6-3)7-4;1-2/h9-10H,5,7H2,1-4H3;7H,1,4-5H2,2-3H3;7H,1,4-5H2,2-3H3;1,6-7H,4-5H2,2H3;5,7-8H,1-3H2;1-4H3;2H,1H3/t9-;2*7-;6-;5-;;/m10010../s1. The molecule has 0 saturated carbocycles. The van der Waals surface area contributed by atoms with Crippen LogP contribution in [0.3, 0.4) is 0 Å². The van der Waals surface area contributed by atoms with E-state index < -0.39 is 40.6 Å². The number of methoxy groups -OCH3 is 2. The van der Waals surface area contributed by atoms with Gasteiger partial charge in [0.15, 0.2) is 17.4 Å². The lowest BCUT2D eigenvalue weighted by atomic mass is 10.2. The van der Waals surface area contributed by atoms with E-state index in [0.29, 0.717) is 32.5 Å². The highest BCUT2D eigenvalue weighted by atomic mass is 127. The largest absolute Gasteiger partial charge is 0.400 e. The van der Waals surface area contributed by atoms with Gasteiger partial charge >= 0.3 is 0 Å². The monoisotopic (exact) mass is 1140 g/mol. The number of terminal acetylenes is 1. The lowest BCUT2D eigenvalue weighted by Gasteiger charge is -2.19. The maximum Gasteiger partial charge on any atom is 0.256 e. The fraction of sp³-hybridized carbons (Fsp3) is 0.762. The van der Waals surface area contributed by atoms with Gasteiger partial charge < -0.3 is 54.0 Å². The van der Waals surface area contributed by atoms with E-state index >= 15 is 0 Å². The number of hydrogen-bond donors (Lipinski definition) is 5. The van der Waals surface area contributed by atoms with Gasteiger partial charge in [0.25, 0.3) is 9.05 Å². The van der Waals surface area contributed by atoms with E-state index in [1.807, 2.05) is 64.1 Å². The van der Waals surface area contributed by atoms with E-state index in [-0.39, 0.29) is 42.3 Å². The minimum absolute atomic E-state index is 0.0366. The summed E-state index contributed by atoms with van der Waals surface area (Å²) in [5, 5.41) is 41.9. The van der Waals surface area contributed by atoms with Crippen molar-refractivity contribution in [3.05, 3.63) is 31.8 Å². The van der Waals surface area contributed by atoms with Gasteiger partial charge in [-0.05, 0) is 107 Å². The van der Waals surface area contributed by atoms with Crippen LogP contribution in [-0.4, -0.2) is 131 Å². The minimum atomic E-state index is -3.69. The highest BCUT2D eigenvalue weighted by Gasteiger charge is 2.34. The van der Waals surface area contributed by atoms with Crippen molar-refractivity contribution in [1.82, 2.24) is 0 Å². The van der Waals surface area contributed by atoms with Crippen molar-refractivity contribution in [3.8, 4) is 23.8 Å². The Hall–Kier alpha value is -0.183. The first kappa shape index (κ1) is 68.9. The number of rotatable bonds is 14. The Labute approximate surface area is 397 Å². The van der Waals surface area contributed by atoms with Crippen molar-refractivity contribution in [3.63, 3.8) is 0 Å². The highest BCUT2D eigenvalue weighted by molar-refractivity contribution is 14.1. The van der Waals surface area contributed by atoms with Crippen LogP contribution >= 0.6 is 55.9 Å². The van der Waals surface area contributed by atoms with Crippen LogP contribution in [0.1, 0.15) is 100 Å². The Morgan fingerprint density at radius 1 is 0.867 bits per heavy atom. The summed E-state index contributed by atoms with van der Waals surface area (Å²) in [6.07, 6.45) is 7.91. The average molecular weight is 1140 g/mol. The van der Waals surface area contributed by atoms with E-state index in [2.05, 4.69) is 79.4 Å². The molecule has 0 spiro atoms. The van der Waals surface area contributed by atoms with Crippen molar-refractivity contribution in [2.24, 2.45) is 0 Å². The molecule has 18 heteroatoms. The summed E-state index contributed by atoms with van der Waals surface area (Å²) in [7, 11) is 4.44. The Morgan fingerprint density at radius 3 is 1.48 bits per heavy atom. The predicted molar refractivity (Wildman–Crippen MR) is 265 cm³/mol. The van der Waals surface area contributed by atoms with E-state index in [0.717, 1.165) is 33.5 Å². The Morgan fingerprint density at radius 2 is 1.27 bits per heavy atom. The molecule has 0 radical (unpaired) electrons. The van der Waals surface area contributed by atoms with E-state index in [1.165, 1.54) is 0 Å². The minimum Gasteiger partial charge on any atom is -0.400 e. The molecular formula is C42H79ClI2O13SSi. The molecule has 5 atom stereocenters. The molecule has 0 aromatic rings. The highest BCUT2D eigenvalue weighted by Crippen LogP contribution is 2.28. The van der Waals surface area contributed by atoms with Crippen molar-refractivity contribution in [2.45, 2.75) is 168 Å². The lowest BCUT2D eigenvalue weighted by molar-refractivity contribution is -0.178. The maximum atomic E-state index is 10.8. The summed E-state index contributed by atoms with van der Waals surface area (Å²) in [6.45, 7) is 33.2. The summed E-state index contributed by atoms with van der Waals surface area (Å²) >= 11 is 4.23. The van der Waals surface area contributed by atoms with Gasteiger partial charge in [-0.25, -0.2) is 8.42 Å². The molecular weight excluding hydrogens is 1060 g/mol. The number of aliphatic hydroxyl groups excluding tert-OH is 5. The van der Waals surface area contributed by atoms with Gasteiger partial charge in [0.1, 0.15) is 8.07 Å². The van der Waals surface area contributed by atoms with Gasteiger partial charge in [-0.15, -0.1) is 23.8 Å². The molecule has 13 nitrogen and oxygen atoms in total. The third kappa shape index (κ3) is 48.8. The van der Waals surface area contributed by atoms with Crippen LogP contribution in [-0.2, 0) is 37.5 Å². The van der Waals surface area contributed by atoms with Crippen molar-refractivity contribution in [2.75, 3.05) is 41.2 Å². The fourth-order valence-electron chi connectivity index (χ4n) is 3.59. The summed E-state index contributed by atoms with van der Waals surface area (Å²) in [5.74, 6) is 3.95. The maximum absolute atomic E-state index is 10.8. The molecule has 2 saturated heterocycles. The first-order chi connectivity index (χ1) is 27.2. The van der Waals surface area contributed by atoms with Crippen LogP contribution in [0.5, 0.6) is 0 Å². The first-order valence-corrected chi connectivity index (χ1v) is 27.3. The smallest absolute Gasteiger partial charge is 0.256 e. The predicted octanol–water partition coefficient (Wildman–Crippen LogP) is 8.20. The second kappa shape index (κ2) is 37.1. The number of ether oxygens (including phenoxy) is 6. The van der Waals surface area contributed by atoms with Crippen molar-refractivity contribution >= 4 is 73.0 Å². The Balaban J connectivity index is -0.000000204. The van der Waals surface area contributed by atoms with E-state index in [9.17, 15) is 8.42 Å². The lowest BCUT2D eigenvalue weighted by Crippen LogP contribution is -2.24. The van der Waals surface area contributed by atoms with Gasteiger partial charge in [-0.2, -0.15) is 0 Å². The van der Waals surface area contributed by atoms with Crippen LogP contribution in [0.4, 0.5) is 0 Å². The van der Waals surface area contributed by atoms with Crippen molar-refractivity contribution < 1.29 is 62.4 Å². The molecule has 356 valence electrons. The molecule has 60 heavy (non-hydrogen) atoms. The van der Waals surface area contributed by atoms with Gasteiger partial charge in [0.05, 0.1) is 55.2 Å². The first-order valence-electron chi connectivity index (χ1n) is 19.3. The molecule has 2 aliphatic heterocycles. The average Bonchev–Trinajstić information content (AvgIpc) is 3.66. The van der Waals surface area contributed by atoms with Crippen molar-refractivity contribution in [1.29, 1.82) is 0 Å². The number of halogens is 3. The molecule has 0 aliphatic carbocycles. The molecule has 0 aromatic carbocycles. The van der Waals surface area contributed by atoms with E-state index in [4.69, 9.17) is 71.1 Å². The third-order valence-corrected chi connectivity index (χ3v) is 10.5. The Kier molecular flexibility index (Phi) is 42.6. The SMILES string of the molecule is C#CC[C@H](O)CC.C=C(C[C@H]1COC(C)(C)O1)S(=O)(=O)Cl.C=C(I)C[C@H](O)CO.C=C(I)C[C@H]1COC(C)(C)O1.CC[C@@H](O)CC#C[Si](C)(C)C.CO.COC(C)(C)OC. The normalized spacial score (nSPS) is 18.7.